The van der Waals surface area contributed by atoms with E-state index in [0.717, 1.165) is 36.8 Å². The fraction of sp³-hybridized carbons (Fsp3) is 0.389. The summed E-state index contributed by atoms with van der Waals surface area (Å²) in [5.41, 5.74) is 6.90. The Labute approximate surface area is 254 Å². The molecule has 1 aliphatic rings. The molecule has 43 heavy (non-hydrogen) atoms. The van der Waals surface area contributed by atoms with Crippen molar-refractivity contribution in [3.63, 3.8) is 0 Å². The number of nitrogens with zero attached hydrogens (tertiary/aromatic N) is 3. The molecule has 0 saturated carbocycles. The van der Waals surface area contributed by atoms with Crippen LogP contribution < -0.4 is 0 Å². The number of aromatic nitrogens is 2. The van der Waals surface area contributed by atoms with Gasteiger partial charge in [0.25, 0.3) is 5.91 Å². The zero-order chi connectivity index (χ0) is 31.7. The minimum absolute atomic E-state index is 0.00929. The van der Waals surface area contributed by atoms with E-state index in [2.05, 4.69) is 56.7 Å². The van der Waals surface area contributed by atoms with E-state index in [1.54, 1.807) is 30.7 Å². The summed E-state index contributed by atoms with van der Waals surface area (Å²) in [6.45, 7) is 15.3. The number of hydrogen-bond acceptors (Lipinski definition) is 2. The van der Waals surface area contributed by atoms with Gasteiger partial charge in [0.1, 0.15) is 11.5 Å². The van der Waals surface area contributed by atoms with Gasteiger partial charge in [0.2, 0.25) is 6.43 Å². The number of allylic oxidation sites excluding steroid dienone is 1. The Morgan fingerprint density at radius 2 is 1.53 bits per heavy atom. The Morgan fingerprint density at radius 3 is 2.05 bits per heavy atom. The van der Waals surface area contributed by atoms with Crippen LogP contribution in [0.1, 0.15) is 66.6 Å². The number of alkyl halides is 2. The monoisotopic (exact) mass is 591 g/mol. The molecule has 0 unspecified atom stereocenters. The lowest BCUT2D eigenvalue weighted by Gasteiger charge is -2.32. The number of likely N-dealkylation sites (tertiary alicyclic amines) is 1. The molecule has 1 aromatic heterocycles. The second-order valence-corrected chi connectivity index (χ2v) is 11.3. The molecule has 0 N–H and O–H groups in total. The first-order valence-corrected chi connectivity index (χ1v) is 14.9. The minimum atomic E-state index is -2.10. The standard InChI is InChI=1S/C24H26FN3O.C8H10.C4H8F2/c1-15(2)17-11-13-28(14-12-17)24(29)20-10-6-9-19-22(26-27(4)23(19)20)18-8-5-7-16(3)21(18)25;1-7-5-3-4-6-8(7)2;1-2-3-4(5)6/h5-10,17H,1,11-14H2,2-4H3;3-6H,1-2H3;4H,2-3H2,1H3. The van der Waals surface area contributed by atoms with Gasteiger partial charge in [0, 0.05) is 37.5 Å². The summed E-state index contributed by atoms with van der Waals surface area (Å²) in [5.74, 6) is 0.226. The largest absolute Gasteiger partial charge is 0.339 e. The highest BCUT2D eigenvalue weighted by Crippen LogP contribution is 2.33. The molecule has 0 spiro atoms. The molecule has 0 aliphatic carbocycles. The number of benzene rings is 3. The number of carbonyl (C=O) groups is 1. The normalized spacial score (nSPS) is 13.3. The smallest absolute Gasteiger partial charge is 0.256 e. The molecule has 1 saturated heterocycles. The van der Waals surface area contributed by atoms with Crippen LogP contribution in [-0.4, -0.2) is 40.1 Å². The van der Waals surface area contributed by atoms with Crippen molar-refractivity contribution in [3.05, 3.63) is 101 Å². The molecule has 230 valence electrons. The molecule has 2 heterocycles. The van der Waals surface area contributed by atoms with Crippen LogP contribution in [0.25, 0.3) is 22.2 Å². The molecular formula is C36H44F3N3O. The van der Waals surface area contributed by atoms with Crippen molar-refractivity contribution in [2.24, 2.45) is 13.0 Å². The lowest BCUT2D eigenvalue weighted by Crippen LogP contribution is -2.38. The van der Waals surface area contributed by atoms with Crippen molar-refractivity contribution in [1.29, 1.82) is 0 Å². The molecule has 0 atom stereocenters. The number of fused-ring (bicyclic) bond motifs is 1. The molecular weight excluding hydrogens is 547 g/mol. The Bertz CT molecular complexity index is 1510. The Balaban J connectivity index is 0.000000298. The van der Waals surface area contributed by atoms with E-state index in [9.17, 15) is 18.0 Å². The average molecular weight is 592 g/mol. The molecule has 4 aromatic rings. The van der Waals surface area contributed by atoms with Crippen molar-refractivity contribution in [2.75, 3.05) is 13.1 Å². The summed E-state index contributed by atoms with van der Waals surface area (Å²) in [4.78, 5) is 15.2. The third kappa shape index (κ3) is 8.59. The molecule has 0 radical (unpaired) electrons. The third-order valence-corrected chi connectivity index (χ3v) is 7.95. The number of hydrogen-bond donors (Lipinski definition) is 0. The second kappa shape index (κ2) is 15.6. The Kier molecular flexibility index (Phi) is 12.2. The van der Waals surface area contributed by atoms with Gasteiger partial charge < -0.3 is 4.90 Å². The molecule has 3 aromatic carbocycles. The molecule has 1 aliphatic heterocycles. The van der Waals surface area contributed by atoms with Crippen LogP contribution in [0.3, 0.4) is 0 Å². The van der Waals surface area contributed by atoms with E-state index in [1.165, 1.54) is 16.7 Å². The van der Waals surface area contributed by atoms with Gasteiger partial charge in [-0.3, -0.25) is 9.48 Å². The zero-order valence-corrected chi connectivity index (χ0v) is 26.3. The van der Waals surface area contributed by atoms with Crippen molar-refractivity contribution in [3.8, 4) is 11.3 Å². The predicted molar refractivity (Wildman–Crippen MR) is 171 cm³/mol. The Morgan fingerprint density at radius 1 is 0.953 bits per heavy atom. The number of amides is 1. The van der Waals surface area contributed by atoms with Gasteiger partial charge in [-0.05, 0) is 75.3 Å². The Hall–Kier alpha value is -3.87. The van der Waals surface area contributed by atoms with Gasteiger partial charge in [0.05, 0.1) is 11.1 Å². The molecule has 7 heteroatoms. The quantitative estimate of drug-likeness (QED) is 0.217. The van der Waals surface area contributed by atoms with Crippen LogP contribution in [0.15, 0.2) is 72.8 Å². The van der Waals surface area contributed by atoms with E-state index in [0.29, 0.717) is 34.7 Å². The summed E-state index contributed by atoms with van der Waals surface area (Å²) in [5, 5.41) is 5.37. The van der Waals surface area contributed by atoms with Crippen LogP contribution in [-0.2, 0) is 7.05 Å². The fourth-order valence-electron chi connectivity index (χ4n) is 5.17. The van der Waals surface area contributed by atoms with Gasteiger partial charge in [0.15, 0.2) is 0 Å². The van der Waals surface area contributed by atoms with Crippen molar-refractivity contribution in [1.82, 2.24) is 14.7 Å². The third-order valence-electron chi connectivity index (χ3n) is 7.95. The van der Waals surface area contributed by atoms with Crippen molar-refractivity contribution in [2.45, 2.75) is 66.7 Å². The van der Waals surface area contributed by atoms with Gasteiger partial charge in [-0.1, -0.05) is 74.0 Å². The van der Waals surface area contributed by atoms with E-state index >= 15 is 0 Å². The van der Waals surface area contributed by atoms with Gasteiger partial charge >= 0.3 is 0 Å². The van der Waals surface area contributed by atoms with E-state index in [-0.39, 0.29) is 18.1 Å². The van der Waals surface area contributed by atoms with Crippen LogP contribution in [0, 0.1) is 32.5 Å². The molecule has 5 rings (SSSR count). The summed E-state index contributed by atoms with van der Waals surface area (Å²) in [6, 6.07) is 19.3. The highest BCUT2D eigenvalue weighted by Gasteiger charge is 2.27. The molecule has 0 bridgehead atoms. The molecule has 4 nitrogen and oxygen atoms in total. The number of para-hydroxylation sites is 1. The highest BCUT2D eigenvalue weighted by molar-refractivity contribution is 6.08. The van der Waals surface area contributed by atoms with Crippen LogP contribution in [0.2, 0.25) is 0 Å². The van der Waals surface area contributed by atoms with E-state index in [4.69, 9.17) is 0 Å². The van der Waals surface area contributed by atoms with Crippen molar-refractivity contribution < 1.29 is 18.0 Å². The van der Waals surface area contributed by atoms with Crippen LogP contribution in [0.4, 0.5) is 13.2 Å². The maximum atomic E-state index is 14.7. The molecule has 1 amide bonds. The minimum Gasteiger partial charge on any atom is -0.339 e. The van der Waals surface area contributed by atoms with Gasteiger partial charge in [-0.25, -0.2) is 13.2 Å². The zero-order valence-electron chi connectivity index (χ0n) is 26.3. The summed E-state index contributed by atoms with van der Waals surface area (Å²) < 4.78 is 38.5. The fourth-order valence-corrected chi connectivity index (χ4v) is 5.17. The lowest BCUT2D eigenvalue weighted by atomic mass is 9.90. The van der Waals surface area contributed by atoms with E-state index in [1.807, 2.05) is 36.2 Å². The van der Waals surface area contributed by atoms with Gasteiger partial charge in [-0.15, -0.1) is 0 Å². The average Bonchev–Trinajstić information content (AvgIpc) is 3.32. The first-order valence-electron chi connectivity index (χ1n) is 14.9. The number of aryl methyl sites for hydroxylation is 4. The topological polar surface area (TPSA) is 38.1 Å². The summed E-state index contributed by atoms with van der Waals surface area (Å²) in [7, 11) is 1.81. The van der Waals surface area contributed by atoms with Gasteiger partial charge in [-0.2, -0.15) is 5.10 Å². The predicted octanol–water partition coefficient (Wildman–Crippen LogP) is 9.47. The number of carbonyl (C=O) groups excluding carboxylic acids is 1. The maximum absolute atomic E-state index is 14.7. The SMILES string of the molecule is C=C(C)C1CCN(C(=O)c2cccc3c(-c4cccc(C)c4F)nn(C)c23)CC1.CCCC(F)F.Cc1ccccc1C. The van der Waals surface area contributed by atoms with Crippen LogP contribution >= 0.6 is 0 Å². The second-order valence-electron chi connectivity index (χ2n) is 11.3. The number of rotatable bonds is 5. The highest BCUT2D eigenvalue weighted by atomic mass is 19.3. The summed E-state index contributed by atoms with van der Waals surface area (Å²) in [6.07, 6.45) is 0.414. The van der Waals surface area contributed by atoms with Crippen LogP contribution in [0.5, 0.6) is 0 Å². The number of piperidine rings is 1. The maximum Gasteiger partial charge on any atom is 0.256 e. The first-order chi connectivity index (χ1) is 20.5. The lowest BCUT2D eigenvalue weighted by molar-refractivity contribution is 0.0703. The van der Waals surface area contributed by atoms with Crippen molar-refractivity contribution >= 4 is 16.8 Å². The number of halogens is 3. The summed E-state index contributed by atoms with van der Waals surface area (Å²) >= 11 is 0. The van der Waals surface area contributed by atoms with E-state index < -0.39 is 6.43 Å². The first kappa shape index (κ1) is 33.6. The molecule has 1 fully saturated rings.